The second-order valence-corrected chi connectivity index (χ2v) is 6.62. The summed E-state index contributed by atoms with van der Waals surface area (Å²) in [7, 11) is 1.64. The predicted molar refractivity (Wildman–Crippen MR) is 101 cm³/mol. The third kappa shape index (κ3) is 3.69. The predicted octanol–water partition coefficient (Wildman–Crippen LogP) is 3.77. The Labute approximate surface area is 157 Å². The number of hydrogen-bond acceptors (Lipinski definition) is 5. The van der Waals surface area contributed by atoms with E-state index in [1.165, 1.54) is 0 Å². The summed E-state index contributed by atoms with van der Waals surface area (Å²) >= 11 is 0. The lowest BCUT2D eigenvalue weighted by Crippen LogP contribution is -2.37. The van der Waals surface area contributed by atoms with Gasteiger partial charge in [-0.25, -0.2) is 0 Å². The Hall–Kier alpha value is -3.15. The molecular weight excluding hydrogens is 342 g/mol. The molecule has 0 radical (unpaired) electrons. The minimum atomic E-state index is 0.0819. The molecule has 2 aromatic carbocycles. The second-order valence-electron chi connectivity index (χ2n) is 6.62. The molecule has 0 spiro atoms. The van der Waals surface area contributed by atoms with E-state index in [0.717, 1.165) is 29.7 Å². The van der Waals surface area contributed by atoms with Gasteiger partial charge in [0, 0.05) is 30.1 Å². The molecule has 1 aliphatic heterocycles. The summed E-state index contributed by atoms with van der Waals surface area (Å²) in [6.45, 7) is 1.39. The van der Waals surface area contributed by atoms with Crippen LogP contribution in [-0.2, 0) is 0 Å². The third-order valence-electron chi connectivity index (χ3n) is 4.94. The second kappa shape index (κ2) is 7.61. The van der Waals surface area contributed by atoms with Crippen molar-refractivity contribution in [2.45, 2.75) is 18.8 Å². The minimum Gasteiger partial charge on any atom is -0.497 e. The van der Waals surface area contributed by atoms with E-state index in [1.54, 1.807) is 7.11 Å². The molecule has 6 heteroatoms. The summed E-state index contributed by atoms with van der Waals surface area (Å²) in [4.78, 5) is 19.0. The number of aromatic nitrogens is 2. The van der Waals surface area contributed by atoms with Gasteiger partial charge in [0.1, 0.15) is 5.75 Å². The lowest BCUT2D eigenvalue weighted by molar-refractivity contribution is 0.0704. The number of hydrogen-bond donors (Lipinski definition) is 0. The highest BCUT2D eigenvalue weighted by atomic mass is 16.5. The van der Waals surface area contributed by atoms with Crippen molar-refractivity contribution < 1.29 is 14.1 Å². The van der Waals surface area contributed by atoms with Crippen LogP contribution >= 0.6 is 0 Å². The summed E-state index contributed by atoms with van der Waals surface area (Å²) in [6.07, 6.45) is 1.64. The number of benzene rings is 2. The molecule has 0 aliphatic carbocycles. The standard InChI is InChI=1S/C21H21N3O3/c1-26-18-9-7-15(8-10-18)19-22-20(27-23-19)16-11-13-24(14-12-16)21(25)17-5-3-2-4-6-17/h2-10,16H,11-14H2,1H3. The molecule has 1 saturated heterocycles. The quantitative estimate of drug-likeness (QED) is 0.706. The average molecular weight is 363 g/mol. The van der Waals surface area contributed by atoms with Crippen LogP contribution in [0.1, 0.15) is 35.0 Å². The molecule has 138 valence electrons. The van der Waals surface area contributed by atoms with Gasteiger partial charge in [-0.2, -0.15) is 4.98 Å². The summed E-state index contributed by atoms with van der Waals surface area (Å²) in [5.41, 5.74) is 1.62. The largest absolute Gasteiger partial charge is 0.497 e. The van der Waals surface area contributed by atoms with Crippen LogP contribution < -0.4 is 4.74 Å². The number of piperidine rings is 1. The number of carbonyl (C=O) groups excluding carboxylic acids is 1. The minimum absolute atomic E-state index is 0.0819. The lowest BCUT2D eigenvalue weighted by atomic mass is 9.96. The zero-order valence-corrected chi connectivity index (χ0v) is 15.2. The van der Waals surface area contributed by atoms with Crippen molar-refractivity contribution in [3.8, 4) is 17.1 Å². The van der Waals surface area contributed by atoms with Gasteiger partial charge in [0.25, 0.3) is 5.91 Å². The maximum atomic E-state index is 12.5. The van der Waals surface area contributed by atoms with E-state index in [1.807, 2.05) is 59.5 Å². The highest BCUT2D eigenvalue weighted by molar-refractivity contribution is 5.94. The summed E-state index contributed by atoms with van der Waals surface area (Å²) < 4.78 is 10.7. The first-order valence-electron chi connectivity index (χ1n) is 9.07. The van der Waals surface area contributed by atoms with Gasteiger partial charge >= 0.3 is 0 Å². The van der Waals surface area contributed by atoms with Gasteiger partial charge in [0.05, 0.1) is 7.11 Å². The Morgan fingerprint density at radius 3 is 2.44 bits per heavy atom. The molecule has 0 atom stereocenters. The zero-order chi connectivity index (χ0) is 18.6. The molecule has 27 heavy (non-hydrogen) atoms. The maximum absolute atomic E-state index is 12.5. The van der Waals surface area contributed by atoms with E-state index in [-0.39, 0.29) is 11.8 Å². The van der Waals surface area contributed by atoms with Gasteiger partial charge in [0.15, 0.2) is 0 Å². The molecule has 0 N–H and O–H groups in total. The number of amides is 1. The molecule has 1 fully saturated rings. The van der Waals surface area contributed by atoms with Crippen molar-refractivity contribution in [1.82, 2.24) is 15.0 Å². The van der Waals surface area contributed by atoms with Gasteiger partial charge < -0.3 is 14.2 Å². The fraction of sp³-hybridized carbons (Fsp3) is 0.286. The first kappa shape index (κ1) is 17.3. The number of rotatable bonds is 4. The Morgan fingerprint density at radius 1 is 1.07 bits per heavy atom. The van der Waals surface area contributed by atoms with E-state index in [4.69, 9.17) is 9.26 Å². The van der Waals surface area contributed by atoms with Crippen molar-refractivity contribution in [2.75, 3.05) is 20.2 Å². The smallest absolute Gasteiger partial charge is 0.253 e. The van der Waals surface area contributed by atoms with Gasteiger partial charge in [-0.3, -0.25) is 4.79 Å². The normalized spacial score (nSPS) is 14.9. The van der Waals surface area contributed by atoms with Crippen molar-refractivity contribution in [3.05, 3.63) is 66.1 Å². The van der Waals surface area contributed by atoms with Gasteiger partial charge in [-0.1, -0.05) is 23.4 Å². The van der Waals surface area contributed by atoms with Crippen LogP contribution in [0.3, 0.4) is 0 Å². The van der Waals surface area contributed by atoms with Crippen LogP contribution in [0.5, 0.6) is 5.75 Å². The van der Waals surface area contributed by atoms with E-state index >= 15 is 0 Å². The van der Waals surface area contributed by atoms with Crippen LogP contribution in [0.2, 0.25) is 0 Å². The van der Waals surface area contributed by atoms with Gasteiger partial charge in [-0.15, -0.1) is 0 Å². The molecule has 1 aliphatic rings. The van der Waals surface area contributed by atoms with Crippen LogP contribution in [0, 0.1) is 0 Å². The monoisotopic (exact) mass is 363 g/mol. The fourth-order valence-electron chi connectivity index (χ4n) is 3.35. The topological polar surface area (TPSA) is 68.5 Å². The average Bonchev–Trinajstić information content (AvgIpc) is 3.24. The number of methoxy groups -OCH3 is 1. The number of carbonyl (C=O) groups is 1. The summed E-state index contributed by atoms with van der Waals surface area (Å²) in [6, 6.07) is 17.0. The highest BCUT2D eigenvalue weighted by Crippen LogP contribution is 2.29. The van der Waals surface area contributed by atoms with Crippen molar-refractivity contribution >= 4 is 5.91 Å². The first-order chi connectivity index (χ1) is 13.2. The van der Waals surface area contributed by atoms with Crippen molar-refractivity contribution in [2.24, 2.45) is 0 Å². The maximum Gasteiger partial charge on any atom is 0.253 e. The number of ether oxygens (including phenoxy) is 1. The third-order valence-corrected chi connectivity index (χ3v) is 4.94. The molecule has 1 amide bonds. The van der Waals surface area contributed by atoms with Crippen LogP contribution in [0.25, 0.3) is 11.4 Å². The van der Waals surface area contributed by atoms with Crippen LogP contribution in [0.4, 0.5) is 0 Å². The van der Waals surface area contributed by atoms with Gasteiger partial charge in [0.2, 0.25) is 11.7 Å². The van der Waals surface area contributed by atoms with E-state index in [9.17, 15) is 4.79 Å². The molecule has 1 aromatic heterocycles. The van der Waals surface area contributed by atoms with Crippen LogP contribution in [0.15, 0.2) is 59.1 Å². The Balaban J connectivity index is 1.40. The fourth-order valence-corrected chi connectivity index (χ4v) is 3.35. The molecule has 0 bridgehead atoms. The van der Waals surface area contributed by atoms with Gasteiger partial charge in [-0.05, 0) is 49.2 Å². The zero-order valence-electron chi connectivity index (χ0n) is 15.2. The van der Waals surface area contributed by atoms with Crippen LogP contribution in [-0.4, -0.2) is 41.1 Å². The van der Waals surface area contributed by atoms with E-state index < -0.39 is 0 Å². The lowest BCUT2D eigenvalue weighted by Gasteiger charge is -2.30. The number of likely N-dealkylation sites (tertiary alicyclic amines) is 1. The molecule has 0 unspecified atom stereocenters. The molecule has 3 aromatic rings. The number of nitrogens with zero attached hydrogens (tertiary/aromatic N) is 3. The van der Waals surface area contributed by atoms with E-state index in [2.05, 4.69) is 10.1 Å². The first-order valence-corrected chi connectivity index (χ1v) is 9.07. The Kier molecular flexibility index (Phi) is 4.87. The van der Waals surface area contributed by atoms with Crippen molar-refractivity contribution in [1.29, 1.82) is 0 Å². The SMILES string of the molecule is COc1ccc(-c2noc(C3CCN(C(=O)c4ccccc4)CC3)n2)cc1. The Morgan fingerprint density at radius 2 is 1.78 bits per heavy atom. The summed E-state index contributed by atoms with van der Waals surface area (Å²) in [5.74, 6) is 2.28. The molecule has 6 nitrogen and oxygen atoms in total. The van der Waals surface area contributed by atoms with Crippen molar-refractivity contribution in [3.63, 3.8) is 0 Å². The molecule has 2 heterocycles. The molecular formula is C21H21N3O3. The summed E-state index contributed by atoms with van der Waals surface area (Å²) in [5, 5.41) is 4.11. The van der Waals surface area contributed by atoms with E-state index in [0.29, 0.717) is 24.8 Å². The Bertz CT molecular complexity index is 898. The molecule has 4 rings (SSSR count). The highest BCUT2D eigenvalue weighted by Gasteiger charge is 2.28. The molecule has 0 saturated carbocycles.